The molecule has 27 heavy (non-hydrogen) atoms. The fourth-order valence-corrected chi connectivity index (χ4v) is 4.37. The summed E-state index contributed by atoms with van der Waals surface area (Å²) in [7, 11) is 3.20. The van der Waals surface area contributed by atoms with Gasteiger partial charge in [0.15, 0.2) is 11.5 Å². The zero-order valence-electron chi connectivity index (χ0n) is 15.7. The van der Waals surface area contributed by atoms with Gasteiger partial charge < -0.3 is 14.6 Å². The van der Waals surface area contributed by atoms with Crippen molar-refractivity contribution in [3.05, 3.63) is 57.6 Å². The van der Waals surface area contributed by atoms with Gasteiger partial charge >= 0.3 is 5.97 Å². The first-order valence-corrected chi connectivity index (χ1v) is 9.72. The zero-order chi connectivity index (χ0) is 19.6. The minimum atomic E-state index is -0.776. The van der Waals surface area contributed by atoms with Crippen molar-refractivity contribution in [3.8, 4) is 11.5 Å². The normalized spacial score (nSPS) is 18.3. The molecule has 0 amide bonds. The Labute approximate surface area is 168 Å². The van der Waals surface area contributed by atoms with Crippen molar-refractivity contribution < 1.29 is 19.4 Å². The number of likely N-dealkylation sites (tertiary alicyclic amines) is 1. The van der Waals surface area contributed by atoms with Crippen molar-refractivity contribution >= 4 is 21.9 Å². The summed E-state index contributed by atoms with van der Waals surface area (Å²) in [5.74, 6) is 0.480. The second kappa shape index (κ2) is 8.31. The van der Waals surface area contributed by atoms with Crippen LogP contribution in [0.25, 0.3) is 0 Å². The van der Waals surface area contributed by atoms with E-state index in [4.69, 9.17) is 9.47 Å². The highest BCUT2D eigenvalue weighted by molar-refractivity contribution is 9.10. The van der Waals surface area contributed by atoms with Crippen molar-refractivity contribution in [2.45, 2.75) is 31.8 Å². The predicted molar refractivity (Wildman–Crippen MR) is 108 cm³/mol. The highest BCUT2D eigenvalue weighted by Crippen LogP contribution is 2.42. The first-order valence-electron chi connectivity index (χ1n) is 8.92. The number of ether oxygens (including phenoxy) is 2. The molecule has 1 aliphatic rings. The van der Waals surface area contributed by atoms with Crippen LogP contribution in [0.15, 0.2) is 40.9 Å². The van der Waals surface area contributed by atoms with Crippen molar-refractivity contribution in [1.82, 2.24) is 4.90 Å². The van der Waals surface area contributed by atoms with Gasteiger partial charge in [0.05, 0.1) is 20.3 Å². The summed E-state index contributed by atoms with van der Waals surface area (Å²) in [6.45, 7) is 2.78. The number of carboxylic acids is 1. The second-order valence-corrected chi connectivity index (χ2v) is 7.63. The second-order valence-electron chi connectivity index (χ2n) is 6.78. The minimum Gasteiger partial charge on any atom is -0.493 e. The van der Waals surface area contributed by atoms with Crippen LogP contribution in [0.4, 0.5) is 0 Å². The van der Waals surface area contributed by atoms with Crippen LogP contribution < -0.4 is 9.47 Å². The van der Waals surface area contributed by atoms with Crippen molar-refractivity contribution in [3.63, 3.8) is 0 Å². The Morgan fingerprint density at radius 3 is 2.56 bits per heavy atom. The summed E-state index contributed by atoms with van der Waals surface area (Å²) in [6, 6.07) is 11.3. The Balaban J connectivity index is 2.17. The third kappa shape index (κ3) is 3.96. The van der Waals surface area contributed by atoms with Crippen LogP contribution in [0.1, 0.15) is 35.6 Å². The molecule has 0 saturated carbocycles. The van der Waals surface area contributed by atoms with Crippen LogP contribution in [-0.4, -0.2) is 42.8 Å². The molecular formula is C21H24BrNO4. The van der Waals surface area contributed by atoms with Gasteiger partial charge in [-0.2, -0.15) is 0 Å². The highest BCUT2D eigenvalue weighted by Gasteiger charge is 2.38. The van der Waals surface area contributed by atoms with E-state index in [1.165, 1.54) is 0 Å². The van der Waals surface area contributed by atoms with Gasteiger partial charge in [-0.05, 0) is 43.0 Å². The Hall–Kier alpha value is -2.05. The van der Waals surface area contributed by atoms with Gasteiger partial charge in [0.2, 0.25) is 0 Å². The van der Waals surface area contributed by atoms with Gasteiger partial charge in [-0.1, -0.05) is 45.8 Å². The molecular weight excluding hydrogens is 410 g/mol. The maximum absolute atomic E-state index is 11.9. The topological polar surface area (TPSA) is 59.0 Å². The lowest BCUT2D eigenvalue weighted by molar-refractivity contribution is -0.142. The number of aliphatic carboxylic acids is 1. The van der Waals surface area contributed by atoms with Gasteiger partial charge in [0.1, 0.15) is 6.04 Å². The molecule has 1 fully saturated rings. The molecule has 1 aliphatic heterocycles. The summed E-state index contributed by atoms with van der Waals surface area (Å²) in [5, 5.41) is 9.74. The maximum atomic E-state index is 11.9. The monoisotopic (exact) mass is 433 g/mol. The molecule has 5 nitrogen and oxygen atoms in total. The molecule has 0 aromatic heterocycles. The number of carboxylic acid groups (broad SMARTS) is 1. The maximum Gasteiger partial charge on any atom is 0.320 e. The van der Waals surface area contributed by atoms with E-state index in [9.17, 15) is 9.90 Å². The predicted octanol–water partition coefficient (Wildman–Crippen LogP) is 4.41. The first kappa shape index (κ1) is 19.7. The van der Waals surface area contributed by atoms with E-state index in [2.05, 4.69) is 33.0 Å². The minimum absolute atomic E-state index is 0.192. The molecule has 0 aliphatic carbocycles. The summed E-state index contributed by atoms with van der Waals surface area (Å²) in [6.07, 6.45) is 1.52. The van der Waals surface area contributed by atoms with Crippen LogP contribution >= 0.6 is 15.9 Å². The summed E-state index contributed by atoms with van der Waals surface area (Å²) in [4.78, 5) is 13.9. The quantitative estimate of drug-likeness (QED) is 0.730. The molecule has 1 N–H and O–H groups in total. The number of methoxy groups -OCH3 is 2. The highest BCUT2D eigenvalue weighted by atomic mass is 79.9. The Bertz CT molecular complexity index is 839. The molecule has 6 heteroatoms. The summed E-state index contributed by atoms with van der Waals surface area (Å²) >= 11 is 3.66. The standard InChI is InChI=1S/C21H24BrNO4/c1-13-6-4-7-14(10-13)20(23-9-5-8-17(23)21(24)25)15-11-18(26-2)19(27-3)12-16(15)22/h4,6-7,10-12,17,20H,5,8-9H2,1-3H3,(H,24,25). The largest absolute Gasteiger partial charge is 0.493 e. The number of carbonyl (C=O) groups is 1. The molecule has 2 aromatic rings. The van der Waals surface area contributed by atoms with E-state index in [-0.39, 0.29) is 6.04 Å². The fraction of sp³-hybridized carbons (Fsp3) is 0.381. The number of halogens is 1. The molecule has 0 bridgehead atoms. The van der Waals surface area contributed by atoms with E-state index in [0.29, 0.717) is 17.9 Å². The van der Waals surface area contributed by atoms with Crippen LogP contribution in [0.2, 0.25) is 0 Å². The molecule has 0 spiro atoms. The lowest BCUT2D eigenvalue weighted by Gasteiger charge is -2.33. The van der Waals surface area contributed by atoms with E-state index in [0.717, 1.165) is 34.1 Å². The first-order chi connectivity index (χ1) is 13.0. The molecule has 144 valence electrons. The lowest BCUT2D eigenvalue weighted by Crippen LogP contribution is -2.39. The molecule has 1 saturated heterocycles. The Morgan fingerprint density at radius 1 is 1.22 bits per heavy atom. The number of hydrogen-bond donors (Lipinski definition) is 1. The van der Waals surface area contributed by atoms with Crippen molar-refractivity contribution in [2.75, 3.05) is 20.8 Å². The lowest BCUT2D eigenvalue weighted by atomic mass is 9.94. The Kier molecular flexibility index (Phi) is 6.07. The summed E-state index contributed by atoms with van der Waals surface area (Å²) < 4.78 is 11.8. The molecule has 2 atom stereocenters. The Morgan fingerprint density at radius 2 is 1.93 bits per heavy atom. The zero-order valence-corrected chi connectivity index (χ0v) is 17.3. The van der Waals surface area contributed by atoms with Crippen LogP contribution in [-0.2, 0) is 4.79 Å². The average Bonchev–Trinajstić information content (AvgIpc) is 3.12. The van der Waals surface area contributed by atoms with Crippen LogP contribution in [0.3, 0.4) is 0 Å². The van der Waals surface area contributed by atoms with Gasteiger partial charge in [0.25, 0.3) is 0 Å². The van der Waals surface area contributed by atoms with E-state index < -0.39 is 12.0 Å². The summed E-state index contributed by atoms with van der Waals surface area (Å²) in [5.41, 5.74) is 3.17. The number of aryl methyl sites for hydroxylation is 1. The number of benzene rings is 2. The van der Waals surface area contributed by atoms with E-state index in [1.807, 2.05) is 31.2 Å². The molecule has 3 rings (SSSR count). The molecule has 1 heterocycles. The van der Waals surface area contributed by atoms with Gasteiger partial charge in [-0.25, -0.2) is 0 Å². The van der Waals surface area contributed by atoms with Gasteiger partial charge in [-0.3, -0.25) is 9.69 Å². The van der Waals surface area contributed by atoms with Crippen molar-refractivity contribution in [2.24, 2.45) is 0 Å². The van der Waals surface area contributed by atoms with Gasteiger partial charge in [0, 0.05) is 11.0 Å². The number of nitrogens with zero attached hydrogens (tertiary/aromatic N) is 1. The fourth-order valence-electron chi connectivity index (χ4n) is 3.83. The van der Waals surface area contributed by atoms with Crippen LogP contribution in [0.5, 0.6) is 11.5 Å². The van der Waals surface area contributed by atoms with Gasteiger partial charge in [-0.15, -0.1) is 0 Å². The van der Waals surface area contributed by atoms with Crippen molar-refractivity contribution in [1.29, 1.82) is 0 Å². The van der Waals surface area contributed by atoms with Crippen LogP contribution in [0, 0.1) is 6.92 Å². The molecule has 2 unspecified atom stereocenters. The van der Waals surface area contributed by atoms with E-state index >= 15 is 0 Å². The smallest absolute Gasteiger partial charge is 0.320 e. The number of hydrogen-bond acceptors (Lipinski definition) is 4. The average molecular weight is 434 g/mol. The number of rotatable bonds is 6. The van der Waals surface area contributed by atoms with E-state index in [1.54, 1.807) is 14.2 Å². The molecule has 0 radical (unpaired) electrons. The molecule has 2 aromatic carbocycles. The SMILES string of the molecule is COc1cc(Br)c(C(c2cccc(C)c2)N2CCCC2C(=O)O)cc1OC. The third-order valence-electron chi connectivity index (χ3n) is 5.07. The third-order valence-corrected chi connectivity index (χ3v) is 5.75.